The number of rotatable bonds is 2. The molecule has 0 fully saturated rings. The van der Waals surface area contributed by atoms with Gasteiger partial charge in [0.05, 0.1) is 6.10 Å². The van der Waals surface area contributed by atoms with Crippen LogP contribution in [0.15, 0.2) is 16.6 Å². The minimum absolute atomic E-state index is 0.0306. The summed E-state index contributed by atoms with van der Waals surface area (Å²) in [5.74, 6) is -0.558. The average molecular weight is 269 g/mol. The van der Waals surface area contributed by atoms with Crippen molar-refractivity contribution < 1.29 is 9.50 Å². The Kier molecular flexibility index (Phi) is 3.67. The van der Waals surface area contributed by atoms with Gasteiger partial charge in [-0.3, -0.25) is 0 Å². The molecule has 0 bridgehead atoms. The second kappa shape index (κ2) is 4.37. The van der Waals surface area contributed by atoms with Crippen LogP contribution in [0.3, 0.4) is 0 Å². The topological polar surface area (TPSA) is 46.2 Å². The Bertz CT molecular complexity index is 298. The van der Waals surface area contributed by atoms with E-state index in [0.717, 1.165) is 6.07 Å². The monoisotopic (exact) mass is 267 g/mol. The number of hydrogen-bond donors (Lipinski definition) is 2. The SMILES string of the molecule is NCC(O)c1c(F)cc(Cl)cc1Br. The Morgan fingerprint density at radius 3 is 2.69 bits per heavy atom. The van der Waals surface area contributed by atoms with E-state index in [1.165, 1.54) is 6.07 Å². The van der Waals surface area contributed by atoms with Gasteiger partial charge in [0.2, 0.25) is 0 Å². The van der Waals surface area contributed by atoms with Gasteiger partial charge in [0, 0.05) is 21.6 Å². The first-order valence-corrected chi connectivity index (χ1v) is 4.76. The fraction of sp³-hybridized carbons (Fsp3) is 0.250. The van der Waals surface area contributed by atoms with Crippen LogP contribution >= 0.6 is 27.5 Å². The molecule has 3 N–H and O–H groups in total. The quantitative estimate of drug-likeness (QED) is 0.864. The predicted octanol–water partition coefficient (Wildman–Crippen LogP) is 2.23. The number of hydrogen-bond acceptors (Lipinski definition) is 2. The van der Waals surface area contributed by atoms with Crippen LogP contribution in [-0.4, -0.2) is 11.7 Å². The number of nitrogens with two attached hydrogens (primary N) is 1. The summed E-state index contributed by atoms with van der Waals surface area (Å²) in [5.41, 5.74) is 5.35. The molecule has 1 rings (SSSR count). The van der Waals surface area contributed by atoms with Crippen molar-refractivity contribution in [1.29, 1.82) is 0 Å². The summed E-state index contributed by atoms with van der Waals surface area (Å²) in [6.07, 6.45) is -1.01. The van der Waals surface area contributed by atoms with E-state index < -0.39 is 11.9 Å². The zero-order valence-electron chi connectivity index (χ0n) is 6.60. The van der Waals surface area contributed by atoms with Crippen molar-refractivity contribution >= 4 is 27.5 Å². The van der Waals surface area contributed by atoms with Gasteiger partial charge in [-0.1, -0.05) is 27.5 Å². The van der Waals surface area contributed by atoms with E-state index in [2.05, 4.69) is 15.9 Å². The fourth-order valence-corrected chi connectivity index (χ4v) is 2.03. The van der Waals surface area contributed by atoms with E-state index in [1.54, 1.807) is 0 Å². The lowest BCUT2D eigenvalue weighted by atomic mass is 10.1. The second-order valence-corrected chi connectivity index (χ2v) is 3.83. The lowest BCUT2D eigenvalue weighted by Crippen LogP contribution is -2.13. The minimum Gasteiger partial charge on any atom is -0.387 e. The fourth-order valence-electron chi connectivity index (χ4n) is 0.990. The summed E-state index contributed by atoms with van der Waals surface area (Å²) in [7, 11) is 0. The third-order valence-corrected chi connectivity index (χ3v) is 2.47. The maximum atomic E-state index is 13.2. The molecule has 0 heterocycles. The van der Waals surface area contributed by atoms with Gasteiger partial charge in [-0.25, -0.2) is 4.39 Å². The van der Waals surface area contributed by atoms with Crippen molar-refractivity contribution in [3.63, 3.8) is 0 Å². The molecule has 0 radical (unpaired) electrons. The van der Waals surface area contributed by atoms with Crippen molar-refractivity contribution in [2.24, 2.45) is 5.73 Å². The van der Waals surface area contributed by atoms with Gasteiger partial charge in [0.15, 0.2) is 0 Å². The molecule has 0 saturated heterocycles. The van der Waals surface area contributed by atoms with Crippen LogP contribution in [0, 0.1) is 5.82 Å². The Morgan fingerprint density at radius 1 is 1.62 bits per heavy atom. The van der Waals surface area contributed by atoms with Crippen molar-refractivity contribution in [2.75, 3.05) is 6.54 Å². The summed E-state index contributed by atoms with van der Waals surface area (Å²) in [4.78, 5) is 0. The molecule has 0 saturated carbocycles. The molecule has 0 spiro atoms. The van der Waals surface area contributed by atoms with E-state index in [0.29, 0.717) is 4.47 Å². The van der Waals surface area contributed by atoms with Gasteiger partial charge in [-0.15, -0.1) is 0 Å². The Hall–Kier alpha value is -0.160. The summed E-state index contributed by atoms with van der Waals surface area (Å²) in [6.45, 7) is -0.0306. The molecule has 72 valence electrons. The maximum Gasteiger partial charge on any atom is 0.131 e. The van der Waals surface area contributed by atoms with E-state index in [1.807, 2.05) is 0 Å². The van der Waals surface area contributed by atoms with Crippen LogP contribution < -0.4 is 5.73 Å². The average Bonchev–Trinajstić information content (AvgIpc) is 2.02. The molecule has 1 aromatic rings. The van der Waals surface area contributed by atoms with E-state index in [4.69, 9.17) is 17.3 Å². The highest BCUT2D eigenvalue weighted by molar-refractivity contribution is 9.10. The Labute approximate surface area is 88.6 Å². The van der Waals surface area contributed by atoms with Gasteiger partial charge in [-0.05, 0) is 12.1 Å². The van der Waals surface area contributed by atoms with Gasteiger partial charge in [0.1, 0.15) is 5.82 Å². The van der Waals surface area contributed by atoms with Gasteiger partial charge < -0.3 is 10.8 Å². The third-order valence-electron chi connectivity index (χ3n) is 1.60. The van der Waals surface area contributed by atoms with Crippen LogP contribution in [0.1, 0.15) is 11.7 Å². The van der Waals surface area contributed by atoms with Crippen LogP contribution in [0.4, 0.5) is 4.39 Å². The van der Waals surface area contributed by atoms with Crippen molar-refractivity contribution in [1.82, 2.24) is 0 Å². The summed E-state index contributed by atoms with van der Waals surface area (Å²) in [6, 6.07) is 2.65. The largest absolute Gasteiger partial charge is 0.387 e. The molecule has 0 amide bonds. The molecule has 2 nitrogen and oxygen atoms in total. The lowest BCUT2D eigenvalue weighted by Gasteiger charge is -2.11. The standard InChI is InChI=1S/C8H8BrClFNO/c9-5-1-4(10)2-6(11)8(5)7(13)3-12/h1-2,7,13H,3,12H2. The summed E-state index contributed by atoms with van der Waals surface area (Å²) in [5, 5.41) is 9.62. The summed E-state index contributed by atoms with van der Waals surface area (Å²) < 4.78 is 13.6. The highest BCUT2D eigenvalue weighted by Crippen LogP contribution is 2.29. The second-order valence-electron chi connectivity index (χ2n) is 2.53. The molecule has 1 atom stereocenters. The summed E-state index contributed by atoms with van der Waals surface area (Å²) >= 11 is 8.69. The van der Waals surface area contributed by atoms with Gasteiger partial charge >= 0.3 is 0 Å². The number of aliphatic hydroxyl groups is 1. The van der Waals surface area contributed by atoms with E-state index >= 15 is 0 Å². The normalized spacial score (nSPS) is 13.0. The van der Waals surface area contributed by atoms with E-state index in [9.17, 15) is 9.50 Å². The molecule has 13 heavy (non-hydrogen) atoms. The highest BCUT2D eigenvalue weighted by Gasteiger charge is 2.15. The van der Waals surface area contributed by atoms with Gasteiger partial charge in [0.25, 0.3) is 0 Å². The minimum atomic E-state index is -1.01. The molecule has 1 aromatic carbocycles. The molecule has 5 heteroatoms. The zero-order chi connectivity index (χ0) is 10.0. The van der Waals surface area contributed by atoms with Crippen LogP contribution in [-0.2, 0) is 0 Å². The maximum absolute atomic E-state index is 13.2. The van der Waals surface area contributed by atoms with Gasteiger partial charge in [-0.2, -0.15) is 0 Å². The Balaban J connectivity index is 3.20. The van der Waals surface area contributed by atoms with Crippen molar-refractivity contribution in [2.45, 2.75) is 6.10 Å². The molecule has 0 aromatic heterocycles. The van der Waals surface area contributed by atoms with Crippen molar-refractivity contribution in [3.8, 4) is 0 Å². The molecular weight excluding hydrogens is 260 g/mol. The number of halogens is 3. The van der Waals surface area contributed by atoms with E-state index in [-0.39, 0.29) is 17.1 Å². The Morgan fingerprint density at radius 2 is 2.23 bits per heavy atom. The third kappa shape index (κ3) is 2.40. The molecule has 0 aliphatic rings. The first-order valence-electron chi connectivity index (χ1n) is 3.59. The smallest absolute Gasteiger partial charge is 0.131 e. The number of aliphatic hydroxyl groups excluding tert-OH is 1. The van der Waals surface area contributed by atoms with Crippen molar-refractivity contribution in [3.05, 3.63) is 33.0 Å². The lowest BCUT2D eigenvalue weighted by molar-refractivity contribution is 0.181. The molecule has 0 aliphatic carbocycles. The molecular formula is C8H8BrClFNO. The van der Waals surface area contributed by atoms with Crippen LogP contribution in [0.25, 0.3) is 0 Å². The predicted molar refractivity (Wildman–Crippen MR) is 53.1 cm³/mol. The molecule has 0 aliphatic heterocycles. The van der Waals surface area contributed by atoms with Crippen LogP contribution in [0.2, 0.25) is 5.02 Å². The zero-order valence-corrected chi connectivity index (χ0v) is 8.94. The molecule has 1 unspecified atom stereocenters. The van der Waals surface area contributed by atoms with Crippen LogP contribution in [0.5, 0.6) is 0 Å². The first-order chi connectivity index (χ1) is 6.06. The first kappa shape index (κ1) is 10.9. The highest BCUT2D eigenvalue weighted by atomic mass is 79.9. The number of benzene rings is 1.